The molecule has 0 aromatic heterocycles. The van der Waals surface area contributed by atoms with E-state index in [4.69, 9.17) is 14.7 Å². The predicted molar refractivity (Wildman–Crippen MR) is 30.9 cm³/mol. The topological polar surface area (TPSA) is 59.3 Å². The number of rotatable bonds is 2. The summed E-state index contributed by atoms with van der Waals surface area (Å²) in [6.07, 6.45) is -0.280. The lowest BCUT2D eigenvalue weighted by Gasteiger charge is -2.24. The van der Waals surface area contributed by atoms with Gasteiger partial charge in [-0.05, 0) is 0 Å². The maximum absolute atomic E-state index is 10.5. The fourth-order valence-corrected chi connectivity index (χ4v) is 0.574. The molecule has 0 bridgehead atoms. The van der Waals surface area contributed by atoms with Gasteiger partial charge in [-0.3, -0.25) is 4.79 Å². The molecule has 1 heterocycles. The van der Waals surface area contributed by atoms with Crippen LogP contribution in [-0.2, 0) is 14.3 Å². The van der Waals surface area contributed by atoms with E-state index in [0.29, 0.717) is 13.2 Å². The summed E-state index contributed by atoms with van der Waals surface area (Å²) in [7, 11) is 0. The van der Waals surface area contributed by atoms with Crippen LogP contribution in [0.5, 0.6) is 0 Å². The molecule has 1 saturated heterocycles. The number of esters is 1. The molecule has 1 aliphatic rings. The van der Waals surface area contributed by atoms with E-state index < -0.39 is 5.97 Å². The molecule has 0 spiro atoms. The summed E-state index contributed by atoms with van der Waals surface area (Å²) < 4.78 is 9.49. The highest BCUT2D eigenvalue weighted by Gasteiger charge is 2.22. The molecular weight excluding hydrogens is 134 g/mol. The van der Waals surface area contributed by atoms with Gasteiger partial charge in [0.1, 0.15) is 12.5 Å². The van der Waals surface area contributed by atoms with E-state index in [1.165, 1.54) is 0 Å². The molecule has 1 fully saturated rings. The quantitative estimate of drug-likeness (QED) is 0.501. The van der Waals surface area contributed by atoms with Crippen molar-refractivity contribution in [2.75, 3.05) is 13.2 Å². The van der Waals surface area contributed by atoms with Gasteiger partial charge in [-0.25, -0.2) is 0 Å². The number of nitrogens with zero attached hydrogens (tertiary/aromatic N) is 1. The van der Waals surface area contributed by atoms with Crippen LogP contribution in [0.3, 0.4) is 0 Å². The van der Waals surface area contributed by atoms with Crippen LogP contribution in [0.15, 0.2) is 0 Å². The van der Waals surface area contributed by atoms with Crippen LogP contribution in [-0.4, -0.2) is 25.3 Å². The molecule has 0 amide bonds. The SMILES string of the molecule is N#CCC(=O)OC1COC1. The molecule has 0 N–H and O–H groups in total. The van der Waals surface area contributed by atoms with E-state index in [9.17, 15) is 4.79 Å². The Morgan fingerprint density at radius 3 is 2.90 bits per heavy atom. The summed E-state index contributed by atoms with van der Waals surface area (Å²) >= 11 is 0. The summed E-state index contributed by atoms with van der Waals surface area (Å²) in [6.45, 7) is 0.939. The largest absolute Gasteiger partial charge is 0.457 e. The van der Waals surface area contributed by atoms with Crippen molar-refractivity contribution in [3.63, 3.8) is 0 Å². The molecule has 4 nitrogen and oxygen atoms in total. The maximum atomic E-state index is 10.5. The number of hydrogen-bond donors (Lipinski definition) is 0. The maximum Gasteiger partial charge on any atom is 0.320 e. The molecule has 1 rings (SSSR count). The van der Waals surface area contributed by atoms with Gasteiger partial charge in [0.05, 0.1) is 19.3 Å². The first kappa shape index (κ1) is 7.03. The third-order valence-electron chi connectivity index (χ3n) is 1.13. The van der Waals surface area contributed by atoms with E-state index in [2.05, 4.69) is 0 Å². The van der Waals surface area contributed by atoms with Gasteiger partial charge in [-0.15, -0.1) is 0 Å². The van der Waals surface area contributed by atoms with Crippen molar-refractivity contribution < 1.29 is 14.3 Å². The van der Waals surface area contributed by atoms with Crippen LogP contribution >= 0.6 is 0 Å². The van der Waals surface area contributed by atoms with Crippen molar-refractivity contribution in [2.45, 2.75) is 12.5 Å². The van der Waals surface area contributed by atoms with E-state index in [0.717, 1.165) is 0 Å². The number of hydrogen-bond acceptors (Lipinski definition) is 4. The van der Waals surface area contributed by atoms with Crippen LogP contribution in [0.4, 0.5) is 0 Å². The number of carbonyl (C=O) groups excluding carboxylic acids is 1. The Labute approximate surface area is 58.3 Å². The molecular formula is C6H7NO3. The third-order valence-corrected chi connectivity index (χ3v) is 1.13. The summed E-state index contributed by atoms with van der Waals surface area (Å²) in [6, 6.07) is 1.71. The molecule has 0 unspecified atom stereocenters. The van der Waals surface area contributed by atoms with Crippen molar-refractivity contribution in [1.29, 1.82) is 5.26 Å². The molecule has 0 aromatic rings. The summed E-state index contributed by atoms with van der Waals surface area (Å²) in [4.78, 5) is 10.5. The highest BCUT2D eigenvalue weighted by molar-refractivity contribution is 5.71. The zero-order valence-electron chi connectivity index (χ0n) is 5.37. The lowest BCUT2D eigenvalue weighted by Crippen LogP contribution is -2.37. The fraction of sp³-hybridized carbons (Fsp3) is 0.667. The van der Waals surface area contributed by atoms with Crippen molar-refractivity contribution >= 4 is 5.97 Å². The van der Waals surface area contributed by atoms with Crippen molar-refractivity contribution in [2.24, 2.45) is 0 Å². The average Bonchev–Trinajstić information content (AvgIpc) is 1.80. The predicted octanol–water partition coefficient (Wildman–Crippen LogP) is -0.158. The molecule has 10 heavy (non-hydrogen) atoms. The lowest BCUT2D eigenvalue weighted by molar-refractivity contribution is -0.170. The zero-order chi connectivity index (χ0) is 7.40. The second-order valence-electron chi connectivity index (χ2n) is 1.98. The standard InChI is InChI=1S/C6H7NO3/c7-2-1-6(8)10-5-3-9-4-5/h5H,1,3-4H2. The normalized spacial score (nSPS) is 17.1. The molecule has 0 aromatic carbocycles. The van der Waals surface area contributed by atoms with Crippen molar-refractivity contribution in [1.82, 2.24) is 0 Å². The molecule has 0 saturated carbocycles. The monoisotopic (exact) mass is 141 g/mol. The van der Waals surface area contributed by atoms with Gasteiger partial charge in [0.15, 0.2) is 0 Å². The molecule has 1 aliphatic heterocycles. The number of nitriles is 1. The smallest absolute Gasteiger partial charge is 0.320 e. The molecule has 0 aliphatic carbocycles. The Hall–Kier alpha value is -1.08. The Kier molecular flexibility index (Phi) is 2.24. The summed E-state index contributed by atoms with van der Waals surface area (Å²) in [5, 5.41) is 8.06. The molecule has 54 valence electrons. The van der Waals surface area contributed by atoms with E-state index in [1.807, 2.05) is 0 Å². The first-order valence-electron chi connectivity index (χ1n) is 2.97. The molecule has 0 radical (unpaired) electrons. The molecule has 4 heteroatoms. The van der Waals surface area contributed by atoms with Crippen LogP contribution in [0.1, 0.15) is 6.42 Å². The van der Waals surface area contributed by atoms with Gasteiger partial charge >= 0.3 is 5.97 Å². The van der Waals surface area contributed by atoms with Gasteiger partial charge in [0.25, 0.3) is 0 Å². The second kappa shape index (κ2) is 3.18. The van der Waals surface area contributed by atoms with E-state index >= 15 is 0 Å². The minimum Gasteiger partial charge on any atom is -0.457 e. The Bertz CT molecular complexity index is 168. The first-order chi connectivity index (χ1) is 4.83. The average molecular weight is 141 g/mol. The summed E-state index contributed by atoms with van der Waals surface area (Å²) in [5.41, 5.74) is 0. The second-order valence-corrected chi connectivity index (χ2v) is 1.98. The van der Waals surface area contributed by atoms with Crippen LogP contribution in [0.2, 0.25) is 0 Å². The van der Waals surface area contributed by atoms with Crippen molar-refractivity contribution in [3.05, 3.63) is 0 Å². The highest BCUT2D eigenvalue weighted by Crippen LogP contribution is 2.05. The third kappa shape index (κ3) is 1.71. The summed E-state index contributed by atoms with van der Waals surface area (Å²) in [5.74, 6) is -0.462. The van der Waals surface area contributed by atoms with Gasteiger partial charge in [0, 0.05) is 0 Å². The first-order valence-corrected chi connectivity index (χ1v) is 2.97. The zero-order valence-corrected chi connectivity index (χ0v) is 5.37. The van der Waals surface area contributed by atoms with E-state index in [-0.39, 0.29) is 12.5 Å². The van der Waals surface area contributed by atoms with Crippen molar-refractivity contribution in [3.8, 4) is 6.07 Å². The van der Waals surface area contributed by atoms with E-state index in [1.54, 1.807) is 6.07 Å². The van der Waals surface area contributed by atoms with Gasteiger partial charge in [-0.1, -0.05) is 0 Å². The lowest BCUT2D eigenvalue weighted by atomic mass is 10.3. The van der Waals surface area contributed by atoms with Gasteiger partial charge in [0.2, 0.25) is 0 Å². The molecule has 0 atom stereocenters. The Morgan fingerprint density at radius 1 is 1.80 bits per heavy atom. The van der Waals surface area contributed by atoms with Gasteiger partial charge in [-0.2, -0.15) is 5.26 Å². The Balaban J connectivity index is 2.12. The van der Waals surface area contributed by atoms with Crippen LogP contribution in [0, 0.1) is 11.3 Å². The number of ether oxygens (including phenoxy) is 2. The fourth-order valence-electron chi connectivity index (χ4n) is 0.574. The minimum absolute atomic E-state index is 0.110. The van der Waals surface area contributed by atoms with Gasteiger partial charge < -0.3 is 9.47 Å². The number of carbonyl (C=O) groups is 1. The minimum atomic E-state index is -0.462. The van der Waals surface area contributed by atoms with Crippen LogP contribution in [0.25, 0.3) is 0 Å². The van der Waals surface area contributed by atoms with Crippen LogP contribution < -0.4 is 0 Å². The highest BCUT2D eigenvalue weighted by atomic mass is 16.6. The Morgan fingerprint density at radius 2 is 2.50 bits per heavy atom.